The molecular weight excluding hydrogens is 249 g/mol. The van der Waals surface area contributed by atoms with Crippen LogP contribution in [0.1, 0.15) is 24.2 Å². The molecule has 6 heteroatoms. The van der Waals surface area contributed by atoms with Gasteiger partial charge >= 0.3 is 5.97 Å². The Hall–Kier alpha value is -1.82. The highest BCUT2D eigenvalue weighted by Gasteiger charge is 2.13. The zero-order chi connectivity index (χ0) is 14.6. The molecule has 0 amide bonds. The number of carbonyl (C=O) groups is 1. The predicted octanol–water partition coefficient (Wildman–Crippen LogP) is 1.86. The molecule has 0 saturated carbocycles. The number of nitrogens with one attached hydrogen (secondary N) is 1. The quantitative estimate of drug-likeness (QED) is 0.687. The molecule has 0 aliphatic rings. The van der Waals surface area contributed by atoms with Crippen molar-refractivity contribution in [2.24, 2.45) is 0 Å². The van der Waals surface area contributed by atoms with Crippen LogP contribution in [0.25, 0.3) is 0 Å². The summed E-state index contributed by atoms with van der Waals surface area (Å²) in [4.78, 5) is 12.9. The van der Waals surface area contributed by atoms with Gasteiger partial charge in [0, 0.05) is 19.1 Å². The van der Waals surface area contributed by atoms with Gasteiger partial charge in [-0.1, -0.05) is 0 Å². The molecule has 1 aromatic carbocycles. The van der Waals surface area contributed by atoms with Crippen molar-refractivity contribution in [2.45, 2.75) is 19.9 Å². The molecular formula is C13H20FN3O2. The first-order valence-corrected chi connectivity index (χ1v) is 6.09. The second kappa shape index (κ2) is 6.38. The molecule has 1 aromatic rings. The van der Waals surface area contributed by atoms with Crippen molar-refractivity contribution in [2.75, 3.05) is 31.2 Å². The first kappa shape index (κ1) is 15.2. The standard InChI is InChI=1S/C13H20FN3O2/c1-8(2)17(3)5-4-16-12-7-10(14)9(13(18)19)6-11(12)15/h6-8,16H,4-5,15H2,1-3H3,(H,18,19). The molecule has 1 rings (SSSR count). The number of hydrogen-bond donors (Lipinski definition) is 3. The minimum Gasteiger partial charge on any atom is -0.478 e. The van der Waals surface area contributed by atoms with Crippen LogP contribution < -0.4 is 11.1 Å². The summed E-state index contributed by atoms with van der Waals surface area (Å²) in [7, 11) is 1.99. The number of nitrogens with zero attached hydrogens (tertiary/aromatic N) is 1. The van der Waals surface area contributed by atoms with Crippen LogP contribution in [-0.2, 0) is 0 Å². The van der Waals surface area contributed by atoms with E-state index in [0.717, 1.165) is 18.7 Å². The highest BCUT2D eigenvalue weighted by Crippen LogP contribution is 2.22. The van der Waals surface area contributed by atoms with E-state index < -0.39 is 17.3 Å². The molecule has 0 aliphatic heterocycles. The van der Waals surface area contributed by atoms with E-state index in [1.165, 1.54) is 0 Å². The molecule has 0 aliphatic carbocycles. The smallest absolute Gasteiger partial charge is 0.338 e. The third kappa shape index (κ3) is 4.10. The van der Waals surface area contributed by atoms with Crippen LogP contribution in [0.5, 0.6) is 0 Å². The predicted molar refractivity (Wildman–Crippen MR) is 74.0 cm³/mol. The zero-order valence-electron chi connectivity index (χ0n) is 11.4. The van der Waals surface area contributed by atoms with Gasteiger partial charge < -0.3 is 21.1 Å². The summed E-state index contributed by atoms with van der Waals surface area (Å²) in [6.45, 7) is 5.54. The fraction of sp³-hybridized carbons (Fsp3) is 0.462. The lowest BCUT2D eigenvalue weighted by Gasteiger charge is -2.21. The lowest BCUT2D eigenvalue weighted by molar-refractivity contribution is 0.0692. The maximum atomic E-state index is 13.5. The second-order valence-electron chi connectivity index (χ2n) is 4.73. The molecule has 19 heavy (non-hydrogen) atoms. The number of likely N-dealkylation sites (N-methyl/N-ethyl adjacent to an activating group) is 1. The number of hydrogen-bond acceptors (Lipinski definition) is 4. The average Bonchev–Trinajstić information content (AvgIpc) is 2.32. The van der Waals surface area contributed by atoms with Gasteiger partial charge in [-0.15, -0.1) is 0 Å². The van der Waals surface area contributed by atoms with Crippen LogP contribution in [0.4, 0.5) is 15.8 Å². The van der Waals surface area contributed by atoms with Crippen LogP contribution in [0, 0.1) is 5.82 Å². The Balaban J connectivity index is 2.70. The van der Waals surface area contributed by atoms with Crippen molar-refractivity contribution in [3.8, 4) is 0 Å². The number of anilines is 2. The molecule has 0 unspecified atom stereocenters. The van der Waals surface area contributed by atoms with E-state index in [1.54, 1.807) is 0 Å². The summed E-state index contributed by atoms with van der Waals surface area (Å²) in [6, 6.07) is 2.67. The molecule has 4 N–H and O–H groups in total. The average molecular weight is 269 g/mol. The molecule has 0 atom stereocenters. The molecule has 0 spiro atoms. The van der Waals surface area contributed by atoms with Crippen LogP contribution in [0.15, 0.2) is 12.1 Å². The lowest BCUT2D eigenvalue weighted by atomic mass is 10.1. The summed E-state index contributed by atoms with van der Waals surface area (Å²) in [5.41, 5.74) is 5.93. The Morgan fingerprint density at radius 1 is 1.53 bits per heavy atom. The number of rotatable bonds is 6. The Labute approximate surface area is 112 Å². The minimum absolute atomic E-state index is 0.228. The van der Waals surface area contributed by atoms with Gasteiger partial charge in [-0.05, 0) is 33.0 Å². The lowest BCUT2D eigenvalue weighted by Crippen LogP contribution is -2.31. The summed E-state index contributed by atoms with van der Waals surface area (Å²) >= 11 is 0. The van der Waals surface area contributed by atoms with E-state index >= 15 is 0 Å². The van der Waals surface area contributed by atoms with Crippen molar-refractivity contribution >= 4 is 17.3 Å². The minimum atomic E-state index is -1.32. The number of aromatic carboxylic acids is 1. The number of carboxylic acid groups (broad SMARTS) is 1. The Bertz CT molecular complexity index is 463. The van der Waals surface area contributed by atoms with Gasteiger partial charge in [0.1, 0.15) is 5.82 Å². The van der Waals surface area contributed by atoms with Crippen molar-refractivity contribution in [3.05, 3.63) is 23.5 Å². The fourth-order valence-corrected chi connectivity index (χ4v) is 1.53. The summed E-state index contributed by atoms with van der Waals surface area (Å²) in [6.07, 6.45) is 0. The van der Waals surface area contributed by atoms with Crippen molar-refractivity contribution in [3.63, 3.8) is 0 Å². The topological polar surface area (TPSA) is 78.6 Å². The summed E-state index contributed by atoms with van der Waals surface area (Å²) < 4.78 is 13.5. The maximum absolute atomic E-state index is 13.5. The largest absolute Gasteiger partial charge is 0.478 e. The molecule has 0 aromatic heterocycles. The van der Waals surface area contributed by atoms with Crippen LogP contribution in [0.2, 0.25) is 0 Å². The number of nitrogen functional groups attached to an aromatic ring is 1. The number of nitrogens with two attached hydrogens (primary N) is 1. The fourth-order valence-electron chi connectivity index (χ4n) is 1.53. The van der Waals surface area contributed by atoms with E-state index in [0.29, 0.717) is 18.3 Å². The number of halogens is 1. The number of carboxylic acids is 1. The van der Waals surface area contributed by atoms with Gasteiger partial charge in [0.15, 0.2) is 0 Å². The van der Waals surface area contributed by atoms with Gasteiger partial charge in [0.25, 0.3) is 0 Å². The zero-order valence-corrected chi connectivity index (χ0v) is 11.4. The third-order valence-electron chi connectivity index (χ3n) is 3.03. The molecule has 5 nitrogen and oxygen atoms in total. The van der Waals surface area contributed by atoms with Gasteiger partial charge in [-0.3, -0.25) is 0 Å². The van der Waals surface area contributed by atoms with Crippen LogP contribution in [-0.4, -0.2) is 42.2 Å². The van der Waals surface area contributed by atoms with Gasteiger partial charge in [0.05, 0.1) is 16.9 Å². The SMILES string of the molecule is CC(C)N(C)CCNc1cc(F)c(C(=O)O)cc1N. The van der Waals surface area contributed by atoms with E-state index in [9.17, 15) is 9.18 Å². The third-order valence-corrected chi connectivity index (χ3v) is 3.03. The summed E-state index contributed by atoms with van der Waals surface area (Å²) in [5.74, 6) is -2.11. The van der Waals surface area contributed by atoms with Crippen molar-refractivity contribution in [1.29, 1.82) is 0 Å². The molecule has 0 fully saturated rings. The Kier molecular flexibility index (Phi) is 5.11. The molecule has 0 radical (unpaired) electrons. The molecule has 0 heterocycles. The number of benzene rings is 1. The van der Waals surface area contributed by atoms with E-state index in [2.05, 4.69) is 24.1 Å². The van der Waals surface area contributed by atoms with E-state index in [4.69, 9.17) is 10.8 Å². The van der Waals surface area contributed by atoms with Gasteiger partial charge in [-0.2, -0.15) is 0 Å². The highest BCUT2D eigenvalue weighted by molar-refractivity contribution is 5.90. The van der Waals surface area contributed by atoms with Gasteiger partial charge in [0.2, 0.25) is 0 Å². The normalized spacial score (nSPS) is 11.1. The maximum Gasteiger partial charge on any atom is 0.338 e. The first-order chi connectivity index (χ1) is 8.82. The van der Waals surface area contributed by atoms with Crippen LogP contribution >= 0.6 is 0 Å². The van der Waals surface area contributed by atoms with Gasteiger partial charge in [-0.25, -0.2) is 9.18 Å². The second-order valence-corrected chi connectivity index (χ2v) is 4.73. The molecule has 0 bridgehead atoms. The first-order valence-electron chi connectivity index (χ1n) is 6.09. The molecule has 106 valence electrons. The Morgan fingerprint density at radius 3 is 2.68 bits per heavy atom. The monoisotopic (exact) mass is 269 g/mol. The van der Waals surface area contributed by atoms with Crippen molar-refractivity contribution in [1.82, 2.24) is 4.90 Å². The van der Waals surface area contributed by atoms with Crippen LogP contribution in [0.3, 0.4) is 0 Å². The van der Waals surface area contributed by atoms with Crippen molar-refractivity contribution < 1.29 is 14.3 Å². The molecule has 0 saturated heterocycles. The summed E-state index contributed by atoms with van der Waals surface area (Å²) in [5, 5.41) is 11.8. The Morgan fingerprint density at radius 2 is 2.16 bits per heavy atom. The van der Waals surface area contributed by atoms with E-state index in [-0.39, 0.29) is 5.69 Å². The highest BCUT2D eigenvalue weighted by atomic mass is 19.1. The van der Waals surface area contributed by atoms with E-state index in [1.807, 2.05) is 7.05 Å².